The summed E-state index contributed by atoms with van der Waals surface area (Å²) in [5.74, 6) is -0.0812. The summed E-state index contributed by atoms with van der Waals surface area (Å²) in [6, 6.07) is 13.8. The zero-order chi connectivity index (χ0) is 21.8. The standard InChI is InChI=1S/C24H25BrN4O2/c1-3-12-26-23(31)29-13-11-17-16-7-5-6-8-19(16)27-21(17)24(29)18-14-15(25)9-10-20(18)28(4-2)22(24)30/h5-10,14,27H,3-4,11-13H2,1-2H3,(H,26,31)/t24-/m1/s1. The Balaban J connectivity index is 1.83. The second kappa shape index (κ2) is 7.41. The normalized spacial score (nSPS) is 19.8. The molecule has 3 aromatic rings. The fourth-order valence-electron chi connectivity index (χ4n) is 5.15. The first-order valence-corrected chi connectivity index (χ1v) is 11.6. The number of likely N-dealkylation sites (N-methyl/N-ethyl adjacent to an activating group) is 1. The van der Waals surface area contributed by atoms with Gasteiger partial charge in [0.05, 0.1) is 11.4 Å². The van der Waals surface area contributed by atoms with Crippen molar-refractivity contribution in [2.75, 3.05) is 24.5 Å². The van der Waals surface area contributed by atoms with Crippen molar-refractivity contribution < 1.29 is 9.59 Å². The summed E-state index contributed by atoms with van der Waals surface area (Å²) in [5.41, 5.74) is 3.41. The molecule has 1 spiro atoms. The van der Waals surface area contributed by atoms with Crippen LogP contribution in [0.2, 0.25) is 0 Å². The van der Waals surface area contributed by atoms with Gasteiger partial charge in [0, 0.05) is 40.6 Å². The second-order valence-corrected chi connectivity index (χ2v) is 8.99. The van der Waals surface area contributed by atoms with E-state index in [1.165, 1.54) is 0 Å². The van der Waals surface area contributed by atoms with Gasteiger partial charge in [0.15, 0.2) is 5.54 Å². The van der Waals surface area contributed by atoms with Crippen LogP contribution in [0.3, 0.4) is 0 Å². The Morgan fingerprint density at radius 3 is 2.81 bits per heavy atom. The highest BCUT2D eigenvalue weighted by Gasteiger charge is 2.60. The number of rotatable bonds is 3. The van der Waals surface area contributed by atoms with Crippen molar-refractivity contribution >= 4 is 44.5 Å². The molecule has 0 saturated carbocycles. The zero-order valence-corrected chi connectivity index (χ0v) is 19.3. The number of H-pyrrole nitrogens is 1. The first-order valence-electron chi connectivity index (χ1n) is 10.8. The summed E-state index contributed by atoms with van der Waals surface area (Å²) >= 11 is 3.59. The highest BCUT2D eigenvalue weighted by atomic mass is 79.9. The van der Waals surface area contributed by atoms with E-state index in [2.05, 4.69) is 32.3 Å². The van der Waals surface area contributed by atoms with Crippen molar-refractivity contribution in [3.05, 3.63) is 63.8 Å². The lowest BCUT2D eigenvalue weighted by molar-refractivity contribution is -0.126. The van der Waals surface area contributed by atoms with Crippen LogP contribution in [0, 0.1) is 0 Å². The van der Waals surface area contributed by atoms with Crippen LogP contribution in [0.4, 0.5) is 10.5 Å². The van der Waals surface area contributed by atoms with E-state index in [1.54, 1.807) is 9.80 Å². The molecule has 160 valence electrons. The molecule has 3 amide bonds. The number of para-hydroxylation sites is 1. The molecule has 2 aliphatic rings. The Bertz CT molecular complexity index is 1200. The lowest BCUT2D eigenvalue weighted by Gasteiger charge is -2.43. The maximum Gasteiger partial charge on any atom is 0.318 e. The van der Waals surface area contributed by atoms with Gasteiger partial charge in [-0.1, -0.05) is 41.1 Å². The van der Waals surface area contributed by atoms with Gasteiger partial charge in [-0.15, -0.1) is 0 Å². The van der Waals surface area contributed by atoms with Crippen LogP contribution in [0.5, 0.6) is 0 Å². The first-order chi connectivity index (χ1) is 15.0. The molecule has 0 radical (unpaired) electrons. The summed E-state index contributed by atoms with van der Waals surface area (Å²) in [7, 11) is 0. The zero-order valence-electron chi connectivity index (χ0n) is 17.7. The number of nitrogens with zero attached hydrogens (tertiary/aromatic N) is 2. The number of amides is 3. The lowest BCUT2D eigenvalue weighted by Crippen LogP contribution is -2.61. The summed E-state index contributed by atoms with van der Waals surface area (Å²) in [5, 5.41) is 4.12. The van der Waals surface area contributed by atoms with Gasteiger partial charge in [0.1, 0.15) is 0 Å². The van der Waals surface area contributed by atoms with E-state index in [0.717, 1.165) is 44.3 Å². The number of carbonyl (C=O) groups is 2. The van der Waals surface area contributed by atoms with Crippen molar-refractivity contribution in [1.29, 1.82) is 0 Å². The number of hydrogen-bond acceptors (Lipinski definition) is 2. The maximum absolute atomic E-state index is 14.2. The number of nitrogens with one attached hydrogen (secondary N) is 2. The molecule has 5 rings (SSSR count). The van der Waals surface area contributed by atoms with Crippen LogP contribution in [0.1, 0.15) is 37.1 Å². The van der Waals surface area contributed by atoms with E-state index in [-0.39, 0.29) is 11.9 Å². The highest BCUT2D eigenvalue weighted by Crippen LogP contribution is 2.52. The monoisotopic (exact) mass is 480 g/mol. The predicted molar refractivity (Wildman–Crippen MR) is 125 cm³/mol. The van der Waals surface area contributed by atoms with Crippen LogP contribution >= 0.6 is 15.9 Å². The number of hydrogen-bond donors (Lipinski definition) is 2. The first kappa shape index (κ1) is 20.1. The fraction of sp³-hybridized carbons (Fsp3) is 0.333. The van der Waals surface area contributed by atoms with Crippen LogP contribution in [0.15, 0.2) is 46.9 Å². The van der Waals surface area contributed by atoms with Crippen molar-refractivity contribution in [3.63, 3.8) is 0 Å². The Labute approximate surface area is 189 Å². The molecule has 0 bridgehead atoms. The van der Waals surface area contributed by atoms with Crippen molar-refractivity contribution in [2.45, 2.75) is 32.2 Å². The average Bonchev–Trinajstić information content (AvgIpc) is 3.27. The average molecular weight is 481 g/mol. The molecule has 31 heavy (non-hydrogen) atoms. The molecule has 2 N–H and O–H groups in total. The number of anilines is 1. The van der Waals surface area contributed by atoms with Gasteiger partial charge in [-0.2, -0.15) is 0 Å². The fourth-order valence-corrected chi connectivity index (χ4v) is 5.51. The van der Waals surface area contributed by atoms with Gasteiger partial charge in [-0.25, -0.2) is 4.79 Å². The van der Waals surface area contributed by atoms with Crippen LogP contribution in [-0.4, -0.2) is 41.5 Å². The minimum Gasteiger partial charge on any atom is -0.355 e. The van der Waals surface area contributed by atoms with Crippen molar-refractivity contribution in [3.8, 4) is 0 Å². The largest absolute Gasteiger partial charge is 0.355 e. The van der Waals surface area contributed by atoms with Gasteiger partial charge in [-0.05, 0) is 49.6 Å². The second-order valence-electron chi connectivity index (χ2n) is 8.08. The van der Waals surface area contributed by atoms with E-state index in [1.807, 2.05) is 50.2 Å². The Morgan fingerprint density at radius 2 is 2.03 bits per heavy atom. The molecule has 2 aromatic carbocycles. The Hall–Kier alpha value is -2.80. The maximum atomic E-state index is 14.2. The summed E-state index contributed by atoms with van der Waals surface area (Å²) in [6.07, 6.45) is 1.53. The van der Waals surface area contributed by atoms with Gasteiger partial charge >= 0.3 is 6.03 Å². The molecule has 0 saturated heterocycles. The minimum atomic E-state index is -1.21. The molecule has 6 nitrogen and oxygen atoms in total. The Morgan fingerprint density at radius 1 is 1.23 bits per heavy atom. The third kappa shape index (κ3) is 2.69. The van der Waals surface area contributed by atoms with E-state index in [9.17, 15) is 9.59 Å². The molecular weight excluding hydrogens is 456 g/mol. The smallest absolute Gasteiger partial charge is 0.318 e. The number of aromatic nitrogens is 1. The molecular formula is C24H25BrN4O2. The Kier molecular flexibility index (Phi) is 4.81. The molecule has 3 heterocycles. The molecule has 0 fully saturated rings. The summed E-state index contributed by atoms with van der Waals surface area (Å²) in [4.78, 5) is 34.7. The summed E-state index contributed by atoms with van der Waals surface area (Å²) in [6.45, 7) is 5.57. The third-order valence-electron chi connectivity index (χ3n) is 6.45. The van der Waals surface area contributed by atoms with Crippen LogP contribution in [0.25, 0.3) is 10.9 Å². The molecule has 2 aliphatic heterocycles. The third-order valence-corrected chi connectivity index (χ3v) is 6.94. The summed E-state index contributed by atoms with van der Waals surface area (Å²) < 4.78 is 0.883. The number of aromatic amines is 1. The van der Waals surface area contributed by atoms with E-state index >= 15 is 0 Å². The van der Waals surface area contributed by atoms with Crippen LogP contribution < -0.4 is 10.2 Å². The lowest BCUT2D eigenvalue weighted by atomic mass is 9.80. The predicted octanol–water partition coefficient (Wildman–Crippen LogP) is 4.52. The highest BCUT2D eigenvalue weighted by molar-refractivity contribution is 9.10. The number of urea groups is 1. The van der Waals surface area contributed by atoms with E-state index in [0.29, 0.717) is 26.1 Å². The van der Waals surface area contributed by atoms with Gasteiger partial charge in [0.25, 0.3) is 5.91 Å². The van der Waals surface area contributed by atoms with Gasteiger partial charge < -0.3 is 20.1 Å². The number of fused-ring (bicyclic) bond motifs is 6. The van der Waals surface area contributed by atoms with E-state index < -0.39 is 5.54 Å². The van der Waals surface area contributed by atoms with Crippen LogP contribution in [-0.2, 0) is 16.8 Å². The van der Waals surface area contributed by atoms with Gasteiger partial charge in [-0.3, -0.25) is 4.79 Å². The minimum absolute atomic E-state index is 0.0812. The molecule has 0 aliphatic carbocycles. The van der Waals surface area contributed by atoms with E-state index in [4.69, 9.17) is 0 Å². The SMILES string of the molecule is CCCNC(=O)N1CCc2c([nH]c3ccccc23)[C@]12C(=O)N(CC)c1ccc(Br)cc12. The molecule has 0 unspecified atom stereocenters. The molecule has 1 atom stereocenters. The quantitative estimate of drug-likeness (QED) is 0.578. The van der Waals surface area contributed by atoms with Gasteiger partial charge in [0.2, 0.25) is 0 Å². The molecule has 1 aromatic heterocycles. The number of benzene rings is 2. The topological polar surface area (TPSA) is 68.4 Å². The number of carbonyl (C=O) groups excluding carboxylic acids is 2. The van der Waals surface area contributed by atoms with Crippen molar-refractivity contribution in [2.24, 2.45) is 0 Å². The van der Waals surface area contributed by atoms with Crippen molar-refractivity contribution in [1.82, 2.24) is 15.2 Å². The number of halogens is 1. The molecule has 7 heteroatoms.